The first-order valence-electron chi connectivity index (χ1n) is 9.99. The number of carbonyl (C=O) groups is 2. The van der Waals surface area contributed by atoms with E-state index >= 15 is 0 Å². The van der Waals surface area contributed by atoms with Crippen LogP contribution in [0.15, 0.2) is 61.2 Å². The monoisotopic (exact) mass is 453 g/mol. The molecule has 0 aliphatic carbocycles. The minimum absolute atomic E-state index is 0. The number of rotatable bonds is 7. The van der Waals surface area contributed by atoms with Crippen LogP contribution in [-0.4, -0.2) is 63.9 Å². The number of thioether (sulfide) groups is 1. The molecule has 0 saturated carbocycles. The number of aryl methyl sites for hydroxylation is 1. The second-order valence-electron chi connectivity index (χ2n) is 7.10. The Morgan fingerprint density at radius 3 is 2.42 bits per heavy atom. The van der Waals surface area contributed by atoms with Crippen LogP contribution in [-0.2, 0) is 4.79 Å². The van der Waals surface area contributed by atoms with E-state index in [4.69, 9.17) is 0 Å². The first-order chi connectivity index (χ1) is 15.5. The topological polar surface area (TPSA) is 92.2 Å². The van der Waals surface area contributed by atoms with Gasteiger partial charge in [0, 0.05) is 23.5 Å². The van der Waals surface area contributed by atoms with Gasteiger partial charge in [0.1, 0.15) is 12.4 Å². The zero-order chi connectivity index (χ0) is 22.9. The number of aliphatic carboxylic acids is 1. The van der Waals surface area contributed by atoms with E-state index in [-0.39, 0.29) is 18.9 Å². The minimum atomic E-state index is -1.04. The summed E-state index contributed by atoms with van der Waals surface area (Å²) < 4.78 is 0. The first kappa shape index (κ1) is 26.2. The number of hydrogen-bond donors (Lipinski definition) is 2. The molecule has 0 radical (unpaired) electrons. The predicted octanol–water partition coefficient (Wildman–Crippen LogP) is 3.14. The summed E-state index contributed by atoms with van der Waals surface area (Å²) in [5.41, 5.74) is 4.40. The summed E-state index contributed by atoms with van der Waals surface area (Å²) >= 11 is 1.54. The van der Waals surface area contributed by atoms with Crippen LogP contribution in [0.25, 0.3) is 11.1 Å². The summed E-state index contributed by atoms with van der Waals surface area (Å²) in [6.45, 7) is 1.97. The average molecular weight is 453 g/mol. The molecule has 0 bridgehead atoms. The van der Waals surface area contributed by atoms with E-state index in [0.29, 0.717) is 28.9 Å². The molecule has 3 aromatic rings. The molecule has 3 rings (SSSR count). The number of carboxylic acid groups (broad SMARTS) is 1. The Hall–Kier alpha value is -3.03. The van der Waals surface area contributed by atoms with E-state index in [0.717, 1.165) is 16.7 Å². The van der Waals surface area contributed by atoms with Crippen LogP contribution in [0.1, 0.15) is 33.5 Å². The summed E-state index contributed by atoms with van der Waals surface area (Å²) in [5.74, 6) is 5.27. The molecule has 0 aliphatic heterocycles. The van der Waals surface area contributed by atoms with Crippen molar-refractivity contribution in [3.8, 4) is 23.0 Å². The molecule has 1 aromatic heterocycles. The fourth-order valence-electron chi connectivity index (χ4n) is 3.16. The molecule has 1 atom stereocenters. The second-order valence-corrected chi connectivity index (χ2v) is 8.08. The SMILES string of the molecule is CSCC[C@H](NC(=O)c1ccc(C#Cc2cncnc2)cc1-c1ccccc1C)C(=O)O.[LiH]. The molecular formula is C25H24LiN3O3S. The van der Waals surface area contributed by atoms with Gasteiger partial charge in [0.25, 0.3) is 5.91 Å². The summed E-state index contributed by atoms with van der Waals surface area (Å²) in [6, 6.07) is 12.1. The van der Waals surface area contributed by atoms with Crippen LogP contribution in [0, 0.1) is 18.8 Å². The number of carboxylic acids is 1. The normalized spacial score (nSPS) is 10.8. The van der Waals surface area contributed by atoms with Crippen molar-refractivity contribution in [3.05, 3.63) is 83.4 Å². The summed E-state index contributed by atoms with van der Waals surface area (Å²) in [6.07, 6.45) is 6.96. The molecule has 8 heteroatoms. The fourth-order valence-corrected chi connectivity index (χ4v) is 3.63. The molecule has 0 spiro atoms. The Bertz CT molecular complexity index is 1180. The summed E-state index contributed by atoms with van der Waals surface area (Å²) in [7, 11) is 0. The maximum absolute atomic E-state index is 13.1. The van der Waals surface area contributed by atoms with Gasteiger partial charge in [0.2, 0.25) is 0 Å². The van der Waals surface area contributed by atoms with Crippen molar-refractivity contribution >= 4 is 42.5 Å². The molecular weight excluding hydrogens is 429 g/mol. The van der Waals surface area contributed by atoms with Gasteiger partial charge in [-0.3, -0.25) is 4.79 Å². The zero-order valence-electron chi connectivity index (χ0n) is 17.8. The molecule has 1 heterocycles. The van der Waals surface area contributed by atoms with Crippen LogP contribution >= 0.6 is 11.8 Å². The van der Waals surface area contributed by atoms with Gasteiger partial charge < -0.3 is 10.4 Å². The van der Waals surface area contributed by atoms with Gasteiger partial charge in [0.15, 0.2) is 0 Å². The van der Waals surface area contributed by atoms with E-state index in [1.165, 1.54) is 18.1 Å². The molecule has 164 valence electrons. The van der Waals surface area contributed by atoms with Gasteiger partial charge in [-0.15, -0.1) is 0 Å². The van der Waals surface area contributed by atoms with Crippen molar-refractivity contribution in [2.45, 2.75) is 19.4 Å². The molecule has 33 heavy (non-hydrogen) atoms. The fraction of sp³-hybridized carbons (Fsp3) is 0.200. The molecule has 2 N–H and O–H groups in total. The van der Waals surface area contributed by atoms with Crippen molar-refractivity contribution in [1.82, 2.24) is 15.3 Å². The number of carbonyl (C=O) groups excluding carboxylic acids is 1. The molecule has 2 aromatic carbocycles. The Balaban J connectivity index is 0.00000385. The van der Waals surface area contributed by atoms with Gasteiger partial charge >= 0.3 is 24.8 Å². The average Bonchev–Trinajstić information content (AvgIpc) is 2.81. The Kier molecular flexibility index (Phi) is 10.2. The van der Waals surface area contributed by atoms with Crippen LogP contribution in [0.2, 0.25) is 0 Å². The number of benzene rings is 2. The number of nitrogens with one attached hydrogen (secondary N) is 1. The summed E-state index contributed by atoms with van der Waals surface area (Å²) in [4.78, 5) is 32.6. The van der Waals surface area contributed by atoms with Gasteiger partial charge in [0.05, 0.1) is 5.56 Å². The molecule has 0 fully saturated rings. The van der Waals surface area contributed by atoms with E-state index in [9.17, 15) is 14.7 Å². The third-order valence-corrected chi connectivity index (χ3v) is 5.47. The first-order valence-corrected chi connectivity index (χ1v) is 11.4. The van der Waals surface area contributed by atoms with Crippen molar-refractivity contribution in [3.63, 3.8) is 0 Å². The van der Waals surface area contributed by atoms with Crippen LogP contribution in [0.3, 0.4) is 0 Å². The van der Waals surface area contributed by atoms with E-state index < -0.39 is 17.9 Å². The Morgan fingerprint density at radius 2 is 1.76 bits per heavy atom. The van der Waals surface area contributed by atoms with E-state index in [2.05, 4.69) is 27.1 Å². The van der Waals surface area contributed by atoms with Crippen LogP contribution in [0.4, 0.5) is 0 Å². The van der Waals surface area contributed by atoms with Crippen molar-refractivity contribution in [1.29, 1.82) is 0 Å². The standard InChI is InChI=1S/C25H23N3O3S.Li.H/c1-17-5-3-4-6-20(17)22-13-18(7-8-19-14-26-16-27-15-19)9-10-21(22)24(29)28-23(25(30)31)11-12-32-2;;/h3-6,9-10,13-16,23H,11-12H2,1-2H3,(H,28,29)(H,30,31);;/t23-;;/m0../s1. The third-order valence-electron chi connectivity index (χ3n) is 4.83. The number of hydrogen-bond acceptors (Lipinski definition) is 5. The third kappa shape index (κ3) is 7.23. The molecule has 6 nitrogen and oxygen atoms in total. The molecule has 0 unspecified atom stereocenters. The molecule has 1 amide bonds. The molecule has 0 saturated heterocycles. The van der Waals surface area contributed by atoms with Crippen molar-refractivity contribution < 1.29 is 14.7 Å². The Morgan fingerprint density at radius 1 is 1.06 bits per heavy atom. The van der Waals surface area contributed by atoms with Crippen LogP contribution < -0.4 is 5.32 Å². The zero-order valence-corrected chi connectivity index (χ0v) is 18.6. The number of amides is 1. The van der Waals surface area contributed by atoms with E-state index in [1.807, 2.05) is 43.5 Å². The van der Waals surface area contributed by atoms with Crippen molar-refractivity contribution in [2.24, 2.45) is 0 Å². The van der Waals surface area contributed by atoms with Crippen molar-refractivity contribution in [2.75, 3.05) is 12.0 Å². The summed E-state index contributed by atoms with van der Waals surface area (Å²) in [5, 5.41) is 12.2. The second kappa shape index (κ2) is 12.9. The molecule has 0 aliphatic rings. The van der Waals surface area contributed by atoms with Crippen LogP contribution in [0.5, 0.6) is 0 Å². The number of nitrogens with zero attached hydrogens (tertiary/aromatic N) is 2. The number of aromatic nitrogens is 2. The quantitative estimate of drug-likeness (QED) is 0.422. The van der Waals surface area contributed by atoms with Gasteiger partial charge in [-0.1, -0.05) is 36.1 Å². The van der Waals surface area contributed by atoms with Gasteiger partial charge in [-0.25, -0.2) is 14.8 Å². The maximum atomic E-state index is 13.1. The van der Waals surface area contributed by atoms with Gasteiger partial charge in [-0.05, 0) is 60.2 Å². The Labute approximate surface area is 209 Å². The predicted molar refractivity (Wildman–Crippen MR) is 134 cm³/mol. The van der Waals surface area contributed by atoms with Gasteiger partial charge in [-0.2, -0.15) is 11.8 Å². The van der Waals surface area contributed by atoms with E-state index in [1.54, 1.807) is 24.5 Å².